The van der Waals surface area contributed by atoms with Crippen molar-refractivity contribution in [2.24, 2.45) is 0 Å². The second-order valence-electron chi connectivity index (χ2n) is 3.46. The maximum absolute atomic E-state index is 11.0. The van der Waals surface area contributed by atoms with Gasteiger partial charge in [-0.25, -0.2) is 9.69 Å². The van der Waals surface area contributed by atoms with E-state index in [0.29, 0.717) is 0 Å². The van der Waals surface area contributed by atoms with Gasteiger partial charge in [0.1, 0.15) is 0 Å². The molecule has 0 spiro atoms. The fraction of sp³-hybridized carbons (Fsp3) is 0.778. The molecule has 1 rings (SSSR count). The minimum Gasteiger partial charge on any atom is -0.465 e. The smallest absolute Gasteiger partial charge is 0.414 e. The molecule has 1 saturated carbocycles. The van der Waals surface area contributed by atoms with Crippen molar-refractivity contribution in [2.45, 2.75) is 45.1 Å². The number of carbonyl (C=O) groups is 2. The summed E-state index contributed by atoms with van der Waals surface area (Å²) in [7, 11) is 0. The molecule has 0 aromatic carbocycles. The molecule has 0 bridgehead atoms. The Kier molecular flexibility index (Phi) is 5.53. The molecule has 1 aliphatic carbocycles. The average Bonchev–Trinajstić information content (AvgIpc) is 2.04. The van der Waals surface area contributed by atoms with Gasteiger partial charge in [-0.2, -0.15) is 0 Å². The lowest BCUT2D eigenvalue weighted by molar-refractivity contribution is -0.129. The van der Waals surface area contributed by atoms with Crippen molar-refractivity contribution in [3.63, 3.8) is 0 Å². The molecule has 0 radical (unpaired) electrons. The van der Waals surface area contributed by atoms with Crippen molar-refractivity contribution in [3.8, 4) is 0 Å². The van der Waals surface area contributed by atoms with Crippen LogP contribution in [0.15, 0.2) is 0 Å². The third kappa shape index (κ3) is 3.18. The molecule has 14 heavy (non-hydrogen) atoms. The number of carbonyl (C=O) groups excluding carboxylic acids is 1. The highest BCUT2D eigenvalue weighted by molar-refractivity contribution is 5.90. The molecule has 1 aliphatic rings. The number of rotatable bonds is 1. The third-order valence-electron chi connectivity index (χ3n) is 2.49. The monoisotopic (exact) mass is 221 g/mol. The molecule has 2 amide bonds. The Hall–Kier alpha value is -0.770. The zero-order valence-corrected chi connectivity index (χ0v) is 9.05. The lowest BCUT2D eigenvalue weighted by Gasteiger charge is -2.29. The molecular weight excluding hydrogens is 206 g/mol. The van der Waals surface area contributed by atoms with E-state index in [-0.39, 0.29) is 24.4 Å². The first-order valence-corrected chi connectivity index (χ1v) is 4.65. The highest BCUT2D eigenvalue weighted by atomic mass is 35.5. The van der Waals surface area contributed by atoms with Crippen LogP contribution in [-0.2, 0) is 4.79 Å². The normalized spacial score (nSPS) is 16.9. The number of nitrogens with zero attached hydrogens (tertiary/aromatic N) is 1. The number of imide groups is 1. The van der Waals surface area contributed by atoms with E-state index in [1.807, 2.05) is 0 Å². The van der Waals surface area contributed by atoms with E-state index in [0.717, 1.165) is 37.0 Å². The lowest BCUT2D eigenvalue weighted by Crippen LogP contribution is -2.43. The predicted octanol–water partition coefficient (Wildman–Crippen LogP) is 2.27. The van der Waals surface area contributed by atoms with Crippen molar-refractivity contribution in [1.82, 2.24) is 4.90 Å². The van der Waals surface area contributed by atoms with Crippen LogP contribution in [0.1, 0.15) is 39.0 Å². The van der Waals surface area contributed by atoms with Crippen LogP contribution < -0.4 is 0 Å². The Balaban J connectivity index is 0.00000169. The highest BCUT2D eigenvalue weighted by Crippen LogP contribution is 2.22. The zero-order valence-electron chi connectivity index (χ0n) is 8.23. The van der Waals surface area contributed by atoms with Crippen LogP contribution in [0.3, 0.4) is 0 Å². The van der Waals surface area contributed by atoms with E-state index in [4.69, 9.17) is 5.11 Å². The van der Waals surface area contributed by atoms with Crippen LogP contribution in [-0.4, -0.2) is 28.0 Å². The topological polar surface area (TPSA) is 57.6 Å². The molecule has 4 nitrogen and oxygen atoms in total. The molecule has 0 atom stereocenters. The highest BCUT2D eigenvalue weighted by Gasteiger charge is 2.27. The lowest BCUT2D eigenvalue weighted by atomic mass is 9.94. The van der Waals surface area contributed by atoms with E-state index in [9.17, 15) is 9.59 Å². The summed E-state index contributed by atoms with van der Waals surface area (Å²) in [6, 6.07) is -0.0799. The summed E-state index contributed by atoms with van der Waals surface area (Å²) in [6.07, 6.45) is 3.75. The van der Waals surface area contributed by atoms with Crippen molar-refractivity contribution < 1.29 is 14.7 Å². The zero-order chi connectivity index (χ0) is 9.84. The standard InChI is InChI=1S/C9H15NO3.ClH/c1-7(11)10(9(12)13)8-5-3-2-4-6-8;/h8H,2-6H2,1H3,(H,12,13);1H. The van der Waals surface area contributed by atoms with Gasteiger partial charge in [-0.05, 0) is 12.8 Å². The largest absolute Gasteiger partial charge is 0.465 e. The molecule has 5 heteroatoms. The van der Waals surface area contributed by atoms with Gasteiger partial charge in [0.25, 0.3) is 0 Å². The molecule has 1 N–H and O–H groups in total. The van der Waals surface area contributed by atoms with Crippen LogP contribution >= 0.6 is 12.4 Å². The Morgan fingerprint density at radius 3 is 2.07 bits per heavy atom. The van der Waals surface area contributed by atoms with Gasteiger partial charge in [-0.3, -0.25) is 4.79 Å². The molecule has 0 heterocycles. The number of hydrogen-bond acceptors (Lipinski definition) is 2. The van der Waals surface area contributed by atoms with Gasteiger partial charge in [-0.1, -0.05) is 19.3 Å². The molecule has 82 valence electrons. The van der Waals surface area contributed by atoms with E-state index in [1.54, 1.807) is 0 Å². The molecule has 0 aromatic heterocycles. The number of hydrogen-bond donors (Lipinski definition) is 1. The SMILES string of the molecule is CC(=O)N(C(=O)O)C1CCCCC1.Cl. The number of amides is 2. The Labute approximate surface area is 89.7 Å². The summed E-state index contributed by atoms with van der Waals surface area (Å²) < 4.78 is 0. The second-order valence-corrected chi connectivity index (χ2v) is 3.46. The van der Waals surface area contributed by atoms with Crippen LogP contribution in [0.5, 0.6) is 0 Å². The van der Waals surface area contributed by atoms with Crippen molar-refractivity contribution in [3.05, 3.63) is 0 Å². The molecule has 0 saturated heterocycles. The van der Waals surface area contributed by atoms with Crippen LogP contribution in [0.4, 0.5) is 4.79 Å². The van der Waals surface area contributed by atoms with Crippen molar-refractivity contribution in [1.29, 1.82) is 0 Å². The van der Waals surface area contributed by atoms with E-state index < -0.39 is 6.09 Å². The Morgan fingerprint density at radius 1 is 1.21 bits per heavy atom. The van der Waals surface area contributed by atoms with Crippen LogP contribution in [0.25, 0.3) is 0 Å². The van der Waals surface area contributed by atoms with Crippen LogP contribution in [0, 0.1) is 0 Å². The summed E-state index contributed by atoms with van der Waals surface area (Å²) in [4.78, 5) is 22.7. The third-order valence-corrected chi connectivity index (χ3v) is 2.49. The van der Waals surface area contributed by atoms with Crippen molar-refractivity contribution >= 4 is 24.4 Å². The molecule has 1 fully saturated rings. The first-order chi connectivity index (χ1) is 6.13. The molecule has 0 aromatic rings. The molecular formula is C9H16ClNO3. The summed E-state index contributed by atoms with van der Waals surface area (Å²) in [5.41, 5.74) is 0. The predicted molar refractivity (Wildman–Crippen MR) is 54.7 cm³/mol. The van der Waals surface area contributed by atoms with E-state index in [2.05, 4.69) is 0 Å². The molecule has 0 aliphatic heterocycles. The summed E-state index contributed by atoms with van der Waals surface area (Å²) in [5, 5.41) is 8.80. The van der Waals surface area contributed by atoms with Gasteiger partial charge < -0.3 is 5.11 Å². The Morgan fingerprint density at radius 2 is 1.71 bits per heavy atom. The maximum atomic E-state index is 11.0. The van der Waals surface area contributed by atoms with Crippen molar-refractivity contribution in [2.75, 3.05) is 0 Å². The summed E-state index contributed by atoms with van der Waals surface area (Å²) in [6.45, 7) is 1.31. The fourth-order valence-corrected chi connectivity index (χ4v) is 1.89. The number of halogens is 1. The van der Waals surface area contributed by atoms with E-state index in [1.165, 1.54) is 6.92 Å². The van der Waals surface area contributed by atoms with Crippen LogP contribution in [0.2, 0.25) is 0 Å². The summed E-state index contributed by atoms with van der Waals surface area (Å²) >= 11 is 0. The fourth-order valence-electron chi connectivity index (χ4n) is 1.89. The minimum absolute atomic E-state index is 0. The van der Waals surface area contributed by atoms with E-state index >= 15 is 0 Å². The first-order valence-electron chi connectivity index (χ1n) is 4.65. The van der Waals surface area contributed by atoms with Gasteiger partial charge in [0, 0.05) is 13.0 Å². The second kappa shape index (κ2) is 5.86. The minimum atomic E-state index is -1.11. The maximum Gasteiger partial charge on any atom is 0.414 e. The summed E-state index contributed by atoms with van der Waals surface area (Å²) in [5.74, 6) is -0.362. The quantitative estimate of drug-likeness (QED) is 0.739. The molecule has 0 unspecified atom stereocenters. The van der Waals surface area contributed by atoms with Gasteiger partial charge in [0.2, 0.25) is 5.91 Å². The first kappa shape index (κ1) is 13.2. The van der Waals surface area contributed by atoms with Gasteiger partial charge in [0.05, 0.1) is 0 Å². The average molecular weight is 222 g/mol. The van der Waals surface area contributed by atoms with Gasteiger partial charge in [0.15, 0.2) is 0 Å². The number of carboxylic acid groups (broad SMARTS) is 1. The Bertz CT molecular complexity index is 200. The van der Waals surface area contributed by atoms with Gasteiger partial charge >= 0.3 is 6.09 Å². The van der Waals surface area contributed by atoms with Gasteiger partial charge in [-0.15, -0.1) is 12.4 Å².